The third-order valence-electron chi connectivity index (χ3n) is 5.00. The highest BCUT2D eigenvalue weighted by Crippen LogP contribution is 2.46. The van der Waals surface area contributed by atoms with E-state index in [1.165, 1.54) is 0 Å². The van der Waals surface area contributed by atoms with Gasteiger partial charge < -0.3 is 4.74 Å². The molecule has 3 heteroatoms. The molecule has 3 nitrogen and oxygen atoms in total. The van der Waals surface area contributed by atoms with Crippen LogP contribution in [-0.2, 0) is 4.74 Å². The summed E-state index contributed by atoms with van der Waals surface area (Å²) in [4.78, 5) is 25.4. The molecule has 0 spiro atoms. The van der Waals surface area contributed by atoms with E-state index in [4.69, 9.17) is 4.74 Å². The molecule has 0 unspecified atom stereocenters. The molecule has 2 bridgehead atoms. The van der Waals surface area contributed by atoms with Crippen LogP contribution in [0, 0.1) is 17.8 Å². The van der Waals surface area contributed by atoms with Gasteiger partial charge in [0, 0.05) is 11.5 Å². The summed E-state index contributed by atoms with van der Waals surface area (Å²) < 4.78 is 5.78. The van der Waals surface area contributed by atoms with Gasteiger partial charge in [-0.3, -0.25) is 4.79 Å². The first-order chi connectivity index (χ1) is 11.7. The molecule has 0 aromatic heterocycles. The van der Waals surface area contributed by atoms with E-state index in [1.807, 2.05) is 48.5 Å². The highest BCUT2D eigenvalue weighted by Gasteiger charge is 2.50. The van der Waals surface area contributed by atoms with Crippen molar-refractivity contribution in [1.82, 2.24) is 0 Å². The van der Waals surface area contributed by atoms with Gasteiger partial charge in [0.2, 0.25) is 0 Å². The lowest BCUT2D eigenvalue weighted by atomic mass is 9.84. The summed E-state index contributed by atoms with van der Waals surface area (Å²) in [5.41, 5.74) is 1.21. The summed E-state index contributed by atoms with van der Waals surface area (Å²) in [5, 5.41) is 0. The van der Waals surface area contributed by atoms with E-state index < -0.39 is 0 Å². The number of rotatable bonds is 4. The molecule has 0 radical (unpaired) electrons. The number of hydrogen-bond acceptors (Lipinski definition) is 3. The molecule has 1 fully saturated rings. The Kier molecular flexibility index (Phi) is 3.77. The minimum atomic E-state index is -0.375. The molecule has 0 heterocycles. The Balaban J connectivity index is 1.58. The standard InChI is InChI=1S/C21H18O3/c22-19(14-7-3-1-4-8-14)18-16-11-12-17(13-16)20(18)24-21(23)15-9-5-2-6-10-15/h1-12,16-18,20H,13H2/t16-,17+,18+,20-/m0/s1. The Hall–Kier alpha value is -2.68. The van der Waals surface area contributed by atoms with Crippen molar-refractivity contribution in [3.63, 3.8) is 0 Å². The Labute approximate surface area is 141 Å². The zero-order chi connectivity index (χ0) is 16.5. The minimum absolute atomic E-state index is 0.0679. The quantitative estimate of drug-likeness (QED) is 0.487. The van der Waals surface area contributed by atoms with Gasteiger partial charge in [0.15, 0.2) is 5.78 Å². The van der Waals surface area contributed by atoms with Crippen molar-refractivity contribution in [2.45, 2.75) is 12.5 Å². The van der Waals surface area contributed by atoms with Crippen LogP contribution in [0.5, 0.6) is 0 Å². The van der Waals surface area contributed by atoms with E-state index in [9.17, 15) is 9.59 Å². The van der Waals surface area contributed by atoms with Crippen LogP contribution in [0.25, 0.3) is 0 Å². The highest BCUT2D eigenvalue weighted by atomic mass is 16.5. The number of carbonyl (C=O) groups excluding carboxylic acids is 2. The van der Waals surface area contributed by atoms with E-state index in [0.29, 0.717) is 11.1 Å². The van der Waals surface area contributed by atoms with Gasteiger partial charge >= 0.3 is 5.97 Å². The summed E-state index contributed by atoms with van der Waals surface area (Å²) in [6.45, 7) is 0. The summed E-state index contributed by atoms with van der Waals surface area (Å²) in [6.07, 6.45) is 4.70. The lowest BCUT2D eigenvalue weighted by Gasteiger charge is -2.27. The fraction of sp³-hybridized carbons (Fsp3) is 0.238. The lowest BCUT2D eigenvalue weighted by molar-refractivity contribution is 0.0114. The maximum atomic E-state index is 12.9. The van der Waals surface area contributed by atoms with Crippen LogP contribution in [0.2, 0.25) is 0 Å². The third-order valence-corrected chi connectivity index (χ3v) is 5.00. The summed E-state index contributed by atoms with van der Waals surface area (Å²) in [7, 11) is 0. The zero-order valence-electron chi connectivity index (χ0n) is 13.2. The Bertz CT molecular complexity index is 779. The normalized spacial score (nSPS) is 27.2. The van der Waals surface area contributed by atoms with E-state index in [2.05, 4.69) is 12.2 Å². The molecule has 2 aliphatic rings. The van der Waals surface area contributed by atoms with Crippen LogP contribution >= 0.6 is 0 Å². The van der Waals surface area contributed by atoms with Gasteiger partial charge in [0.05, 0.1) is 11.5 Å². The molecule has 2 aromatic rings. The second-order valence-electron chi connectivity index (χ2n) is 6.44. The largest absolute Gasteiger partial charge is 0.457 e. The fourth-order valence-electron chi connectivity index (χ4n) is 3.84. The van der Waals surface area contributed by atoms with E-state index >= 15 is 0 Å². The average Bonchev–Trinajstić information content (AvgIpc) is 3.24. The molecular weight excluding hydrogens is 300 g/mol. The first-order valence-electron chi connectivity index (χ1n) is 8.27. The Morgan fingerprint density at radius 1 is 0.792 bits per heavy atom. The van der Waals surface area contributed by atoms with Crippen molar-refractivity contribution < 1.29 is 14.3 Å². The second kappa shape index (κ2) is 6.08. The van der Waals surface area contributed by atoms with Crippen LogP contribution < -0.4 is 0 Å². The van der Waals surface area contributed by atoms with Gasteiger partial charge in [-0.05, 0) is 24.5 Å². The smallest absolute Gasteiger partial charge is 0.338 e. The fourth-order valence-corrected chi connectivity index (χ4v) is 3.84. The molecule has 2 aromatic carbocycles. The molecule has 1 saturated carbocycles. The number of carbonyl (C=O) groups is 2. The summed E-state index contributed by atoms with van der Waals surface area (Å²) in [6, 6.07) is 18.2. The average molecular weight is 318 g/mol. The number of Topliss-reactive ketones (excluding diaryl/α,β-unsaturated/α-hetero) is 1. The number of esters is 1. The maximum Gasteiger partial charge on any atom is 0.338 e. The highest BCUT2D eigenvalue weighted by molar-refractivity contribution is 5.99. The maximum absolute atomic E-state index is 12.9. The van der Waals surface area contributed by atoms with E-state index in [0.717, 1.165) is 6.42 Å². The van der Waals surface area contributed by atoms with Crippen LogP contribution in [0.3, 0.4) is 0 Å². The minimum Gasteiger partial charge on any atom is -0.457 e. The molecular formula is C21H18O3. The van der Waals surface area contributed by atoms with Gasteiger partial charge in [0.25, 0.3) is 0 Å². The predicted molar refractivity (Wildman–Crippen MR) is 90.6 cm³/mol. The van der Waals surface area contributed by atoms with Crippen LogP contribution in [0.15, 0.2) is 72.8 Å². The van der Waals surface area contributed by atoms with Crippen LogP contribution in [-0.4, -0.2) is 17.9 Å². The number of ketones is 1. The molecule has 120 valence electrons. The SMILES string of the molecule is O=C(O[C@@H]1[C@@H](C(=O)c2ccccc2)[C@H]2C=C[C@@H]1C2)c1ccccc1. The van der Waals surface area contributed by atoms with Crippen molar-refractivity contribution in [1.29, 1.82) is 0 Å². The first-order valence-corrected chi connectivity index (χ1v) is 8.27. The van der Waals surface area contributed by atoms with Crippen molar-refractivity contribution in [2.24, 2.45) is 17.8 Å². The molecule has 0 saturated heterocycles. The van der Waals surface area contributed by atoms with Gasteiger partial charge in [0.1, 0.15) is 6.10 Å². The molecule has 2 aliphatic carbocycles. The van der Waals surface area contributed by atoms with Crippen molar-refractivity contribution in [3.8, 4) is 0 Å². The van der Waals surface area contributed by atoms with Crippen molar-refractivity contribution >= 4 is 11.8 Å². The monoisotopic (exact) mass is 318 g/mol. The van der Waals surface area contributed by atoms with Gasteiger partial charge in [-0.25, -0.2) is 4.79 Å². The molecule has 4 atom stereocenters. The Morgan fingerprint density at radius 2 is 1.38 bits per heavy atom. The van der Waals surface area contributed by atoms with Crippen LogP contribution in [0.1, 0.15) is 27.1 Å². The first kappa shape index (κ1) is 14.9. The number of hydrogen-bond donors (Lipinski definition) is 0. The number of fused-ring (bicyclic) bond motifs is 2. The van der Waals surface area contributed by atoms with Gasteiger partial charge in [-0.1, -0.05) is 60.7 Å². The topological polar surface area (TPSA) is 43.4 Å². The Morgan fingerprint density at radius 3 is 2.04 bits per heavy atom. The molecule has 0 aliphatic heterocycles. The zero-order valence-corrected chi connectivity index (χ0v) is 13.2. The van der Waals surface area contributed by atoms with Crippen LogP contribution in [0.4, 0.5) is 0 Å². The molecule has 4 rings (SSSR count). The number of ether oxygens (including phenoxy) is 1. The van der Waals surface area contributed by atoms with E-state index in [-0.39, 0.29) is 35.6 Å². The summed E-state index contributed by atoms with van der Waals surface area (Å²) >= 11 is 0. The van der Waals surface area contributed by atoms with E-state index in [1.54, 1.807) is 12.1 Å². The molecule has 0 N–H and O–H groups in total. The number of allylic oxidation sites excluding steroid dienone is 1. The lowest BCUT2D eigenvalue weighted by Crippen LogP contribution is -2.35. The second-order valence-corrected chi connectivity index (χ2v) is 6.44. The third kappa shape index (κ3) is 2.56. The molecule has 0 amide bonds. The number of benzene rings is 2. The van der Waals surface area contributed by atoms with Crippen molar-refractivity contribution in [2.75, 3.05) is 0 Å². The van der Waals surface area contributed by atoms with Crippen molar-refractivity contribution in [3.05, 3.63) is 83.9 Å². The predicted octanol–water partition coefficient (Wildman–Crippen LogP) is 3.92. The van der Waals surface area contributed by atoms with Gasteiger partial charge in [-0.2, -0.15) is 0 Å². The summed E-state index contributed by atoms with van der Waals surface area (Å²) in [5.74, 6) is -0.266. The van der Waals surface area contributed by atoms with Gasteiger partial charge in [-0.15, -0.1) is 0 Å². The molecule has 24 heavy (non-hydrogen) atoms.